The molecule has 0 bridgehead atoms. The van der Waals surface area contributed by atoms with E-state index in [0.717, 1.165) is 23.7 Å². The highest BCUT2D eigenvalue weighted by molar-refractivity contribution is 7.98. The summed E-state index contributed by atoms with van der Waals surface area (Å²) < 4.78 is 0. The van der Waals surface area contributed by atoms with Crippen LogP contribution in [-0.4, -0.2) is 12.0 Å². The lowest BCUT2D eigenvalue weighted by molar-refractivity contribution is -0.151. The van der Waals surface area contributed by atoms with Crippen molar-refractivity contribution in [2.75, 3.05) is 12.0 Å². The smallest absolute Gasteiger partial charge is 0.000817 e. The van der Waals surface area contributed by atoms with Gasteiger partial charge in [-0.15, -0.1) is 0 Å². The molecule has 156 valence electrons. The molecular weight excluding hydrogens is 344 g/mol. The van der Waals surface area contributed by atoms with Gasteiger partial charge in [-0.25, -0.2) is 0 Å². The molecule has 1 heteroatoms. The van der Waals surface area contributed by atoms with Gasteiger partial charge in [0, 0.05) is 0 Å². The van der Waals surface area contributed by atoms with Gasteiger partial charge in [0.2, 0.25) is 0 Å². The van der Waals surface area contributed by atoms with E-state index in [0.29, 0.717) is 16.2 Å². The van der Waals surface area contributed by atoms with Crippen LogP contribution in [0.4, 0.5) is 0 Å². The first-order chi connectivity index (χ1) is 13.0. The number of hydrogen-bond acceptors (Lipinski definition) is 1. The largest absolute Gasteiger partial charge is 0.165 e. The first-order valence-electron chi connectivity index (χ1n) is 12.5. The lowest BCUT2D eigenvalue weighted by Gasteiger charge is -2.65. The van der Waals surface area contributed by atoms with Crippen LogP contribution in [0.15, 0.2) is 0 Å². The Kier molecular flexibility index (Phi) is 6.02. The van der Waals surface area contributed by atoms with Crippen molar-refractivity contribution in [2.24, 2.45) is 39.9 Å². The van der Waals surface area contributed by atoms with Crippen LogP contribution in [0, 0.1) is 39.9 Å². The van der Waals surface area contributed by atoms with Crippen molar-refractivity contribution in [3.8, 4) is 0 Å². The van der Waals surface area contributed by atoms with Gasteiger partial charge in [-0.3, -0.25) is 0 Å². The third kappa shape index (κ3) is 3.16. The second-order valence-electron chi connectivity index (χ2n) is 11.6. The highest BCUT2D eigenvalue weighted by atomic mass is 32.2. The zero-order valence-corrected chi connectivity index (χ0v) is 19.6. The maximum Gasteiger partial charge on any atom is -0.000817 e. The summed E-state index contributed by atoms with van der Waals surface area (Å²) in [6, 6.07) is 0. The molecule has 0 aromatic heterocycles. The summed E-state index contributed by atoms with van der Waals surface area (Å²) in [7, 11) is 0. The highest BCUT2D eigenvalue weighted by Gasteiger charge is 2.63. The van der Waals surface area contributed by atoms with E-state index in [1.165, 1.54) is 63.5 Å². The molecule has 0 heterocycles. The Balaban J connectivity index is 1.58. The van der Waals surface area contributed by atoms with E-state index in [9.17, 15) is 0 Å². The normalized spacial score (nSPS) is 49.3. The topological polar surface area (TPSA) is 0 Å². The van der Waals surface area contributed by atoms with Gasteiger partial charge < -0.3 is 0 Å². The molecule has 7 atom stereocenters. The van der Waals surface area contributed by atoms with E-state index in [4.69, 9.17) is 0 Å². The van der Waals surface area contributed by atoms with Crippen LogP contribution in [0.1, 0.15) is 111 Å². The van der Waals surface area contributed by atoms with Crippen LogP contribution in [0.5, 0.6) is 0 Å². The summed E-state index contributed by atoms with van der Waals surface area (Å²) in [6.07, 6.45) is 23.7. The average molecular weight is 391 g/mol. The van der Waals surface area contributed by atoms with Gasteiger partial charge in [-0.1, -0.05) is 52.9 Å². The second-order valence-corrected chi connectivity index (χ2v) is 12.4. The van der Waals surface area contributed by atoms with Gasteiger partial charge in [0.25, 0.3) is 0 Å². The van der Waals surface area contributed by atoms with Gasteiger partial charge >= 0.3 is 0 Å². The Hall–Kier alpha value is 0.350. The van der Waals surface area contributed by atoms with Crippen LogP contribution in [0.2, 0.25) is 0 Å². The standard InChI is InChI=1S/C26H46S/c1-5-6-7-10-20-11-12-23-21-13-17-24(2)15-8-9-16-25(24,3)22(21)14-18-26(20,23)19-27-4/h20-23H,5-19H2,1-4H3. The van der Waals surface area contributed by atoms with Crippen LogP contribution in [0.3, 0.4) is 0 Å². The zero-order chi connectivity index (χ0) is 19.1. The Morgan fingerprint density at radius 3 is 2.44 bits per heavy atom. The fourth-order valence-corrected chi connectivity index (χ4v) is 10.3. The van der Waals surface area contributed by atoms with Crippen molar-refractivity contribution < 1.29 is 0 Å². The van der Waals surface area contributed by atoms with Gasteiger partial charge in [0.05, 0.1) is 0 Å². The average Bonchev–Trinajstić information content (AvgIpc) is 3.01. The van der Waals surface area contributed by atoms with Crippen molar-refractivity contribution in [3.63, 3.8) is 0 Å². The Bertz CT molecular complexity index is 514. The van der Waals surface area contributed by atoms with E-state index in [1.54, 1.807) is 32.1 Å². The highest BCUT2D eigenvalue weighted by Crippen LogP contribution is 2.71. The lowest BCUT2D eigenvalue weighted by atomic mass is 9.40. The van der Waals surface area contributed by atoms with Crippen LogP contribution in [-0.2, 0) is 0 Å². The van der Waals surface area contributed by atoms with E-state index in [-0.39, 0.29) is 0 Å². The summed E-state index contributed by atoms with van der Waals surface area (Å²) in [5.41, 5.74) is 2.03. The molecular formula is C26H46S. The molecule has 0 aromatic rings. The summed E-state index contributed by atoms with van der Waals surface area (Å²) in [5.74, 6) is 5.70. The first kappa shape index (κ1) is 20.6. The van der Waals surface area contributed by atoms with Crippen molar-refractivity contribution >= 4 is 11.8 Å². The molecule has 0 spiro atoms. The molecule has 7 unspecified atom stereocenters. The Labute approximate surface area is 174 Å². The monoisotopic (exact) mass is 390 g/mol. The minimum Gasteiger partial charge on any atom is -0.165 e. The Morgan fingerprint density at radius 1 is 0.852 bits per heavy atom. The summed E-state index contributed by atoms with van der Waals surface area (Å²) in [5, 5.41) is 0. The molecule has 0 nitrogen and oxygen atoms in total. The fourth-order valence-electron chi connectivity index (χ4n) is 9.16. The Morgan fingerprint density at radius 2 is 1.67 bits per heavy atom. The van der Waals surface area contributed by atoms with Gasteiger partial charge in [0.15, 0.2) is 0 Å². The van der Waals surface area contributed by atoms with Crippen molar-refractivity contribution in [1.29, 1.82) is 0 Å². The summed E-state index contributed by atoms with van der Waals surface area (Å²) in [4.78, 5) is 0. The third-order valence-corrected chi connectivity index (χ3v) is 11.6. The number of unbranched alkanes of at least 4 members (excludes halogenated alkanes) is 2. The predicted molar refractivity (Wildman–Crippen MR) is 121 cm³/mol. The SMILES string of the molecule is CCCCCC1CCC2C3CCC4(C)CCCCC4(C)C3CCC12CSC. The van der Waals surface area contributed by atoms with E-state index in [1.807, 2.05) is 0 Å². The molecule has 4 rings (SSSR count). The summed E-state index contributed by atoms with van der Waals surface area (Å²) >= 11 is 2.18. The first-order valence-corrected chi connectivity index (χ1v) is 13.9. The molecule has 0 saturated heterocycles. The molecule has 0 aromatic carbocycles. The molecule has 0 N–H and O–H groups in total. The molecule has 4 fully saturated rings. The number of rotatable bonds is 6. The number of fused-ring (bicyclic) bond motifs is 5. The molecule has 4 saturated carbocycles. The van der Waals surface area contributed by atoms with Crippen LogP contribution < -0.4 is 0 Å². The van der Waals surface area contributed by atoms with Crippen LogP contribution >= 0.6 is 11.8 Å². The molecule has 4 aliphatic rings. The van der Waals surface area contributed by atoms with Gasteiger partial charge in [-0.05, 0) is 110 Å². The molecule has 0 aliphatic heterocycles. The maximum absolute atomic E-state index is 2.75. The van der Waals surface area contributed by atoms with E-state index < -0.39 is 0 Å². The van der Waals surface area contributed by atoms with Crippen molar-refractivity contribution in [3.05, 3.63) is 0 Å². The fraction of sp³-hybridized carbons (Fsp3) is 1.00. The predicted octanol–water partition coefficient (Wildman–Crippen LogP) is 8.35. The molecule has 0 amide bonds. The van der Waals surface area contributed by atoms with Gasteiger partial charge in [0.1, 0.15) is 0 Å². The van der Waals surface area contributed by atoms with Crippen LogP contribution in [0.25, 0.3) is 0 Å². The minimum absolute atomic E-state index is 0.653. The van der Waals surface area contributed by atoms with E-state index >= 15 is 0 Å². The summed E-state index contributed by atoms with van der Waals surface area (Å²) in [6.45, 7) is 7.80. The van der Waals surface area contributed by atoms with Crippen molar-refractivity contribution in [2.45, 2.75) is 111 Å². The number of hydrogen-bond donors (Lipinski definition) is 0. The quantitative estimate of drug-likeness (QED) is 0.410. The van der Waals surface area contributed by atoms with Crippen molar-refractivity contribution in [1.82, 2.24) is 0 Å². The second kappa shape index (κ2) is 7.88. The van der Waals surface area contributed by atoms with Gasteiger partial charge in [-0.2, -0.15) is 11.8 Å². The zero-order valence-electron chi connectivity index (χ0n) is 18.8. The molecule has 0 radical (unpaired) electrons. The lowest BCUT2D eigenvalue weighted by Crippen LogP contribution is -2.57. The molecule has 4 aliphatic carbocycles. The number of thioether (sulfide) groups is 1. The third-order valence-electron chi connectivity index (χ3n) is 10.8. The van der Waals surface area contributed by atoms with E-state index in [2.05, 4.69) is 38.8 Å². The maximum atomic E-state index is 2.75. The molecule has 27 heavy (non-hydrogen) atoms. The minimum atomic E-state index is 0.653.